The quantitative estimate of drug-likeness (QED) is 0.481. The molecule has 0 saturated carbocycles. The minimum Gasteiger partial charge on any atom is -0.366 e. The largest absolute Gasteiger partial charge is 0.366 e. The predicted molar refractivity (Wildman–Crippen MR) is 83.7 cm³/mol. The minimum absolute atomic E-state index is 0.0217. The molecule has 2 heterocycles. The smallest absolute Gasteiger partial charge is 0.293 e. The molecule has 3 rings (SSSR count). The van der Waals surface area contributed by atoms with E-state index in [0.717, 1.165) is 19.4 Å². The standard InChI is InChI=1S/C16H20N2O5/c1-11(19)12-4-5-14(15(9-12)18(20)21)17-6-2-3-13(10-17)16-22-7-8-23-16/h4-5,9,13,16H,2-3,6-8,10H2,1H3. The molecule has 1 aromatic rings. The first-order valence-corrected chi connectivity index (χ1v) is 7.84. The van der Waals surface area contributed by atoms with Gasteiger partial charge in [-0.05, 0) is 31.9 Å². The monoisotopic (exact) mass is 320 g/mol. The van der Waals surface area contributed by atoms with E-state index in [4.69, 9.17) is 9.47 Å². The molecule has 1 unspecified atom stereocenters. The Hall–Kier alpha value is -1.99. The summed E-state index contributed by atoms with van der Waals surface area (Å²) in [5.74, 6) is 0.0299. The van der Waals surface area contributed by atoms with Crippen molar-refractivity contribution in [2.24, 2.45) is 5.92 Å². The van der Waals surface area contributed by atoms with Crippen LogP contribution in [0.2, 0.25) is 0 Å². The number of nitro benzene ring substituents is 1. The van der Waals surface area contributed by atoms with Crippen LogP contribution in [0.5, 0.6) is 0 Å². The zero-order chi connectivity index (χ0) is 16.4. The van der Waals surface area contributed by atoms with Crippen LogP contribution in [0.25, 0.3) is 0 Å². The summed E-state index contributed by atoms with van der Waals surface area (Å²) in [7, 11) is 0. The van der Waals surface area contributed by atoms with Gasteiger partial charge in [0.15, 0.2) is 12.1 Å². The molecule has 0 radical (unpaired) electrons. The summed E-state index contributed by atoms with van der Waals surface area (Å²) in [6, 6.07) is 4.69. The van der Waals surface area contributed by atoms with Crippen LogP contribution in [-0.4, -0.2) is 43.3 Å². The van der Waals surface area contributed by atoms with Crippen molar-refractivity contribution in [3.05, 3.63) is 33.9 Å². The van der Waals surface area contributed by atoms with E-state index >= 15 is 0 Å². The van der Waals surface area contributed by atoms with Gasteiger partial charge in [-0.2, -0.15) is 0 Å². The van der Waals surface area contributed by atoms with E-state index in [1.807, 2.05) is 4.90 Å². The Morgan fingerprint density at radius 2 is 2.09 bits per heavy atom. The number of hydrogen-bond donors (Lipinski definition) is 0. The molecule has 0 N–H and O–H groups in total. The van der Waals surface area contributed by atoms with Crippen LogP contribution in [-0.2, 0) is 9.47 Å². The maximum atomic E-state index is 11.5. The number of ketones is 1. The Balaban J connectivity index is 1.84. The number of piperidine rings is 1. The minimum atomic E-state index is -0.423. The number of carbonyl (C=O) groups is 1. The summed E-state index contributed by atoms with van der Waals surface area (Å²) in [5, 5.41) is 11.4. The fraction of sp³-hybridized carbons (Fsp3) is 0.562. The molecule has 1 atom stereocenters. The Morgan fingerprint density at radius 3 is 2.74 bits per heavy atom. The van der Waals surface area contributed by atoms with Crippen LogP contribution in [0, 0.1) is 16.0 Å². The van der Waals surface area contributed by atoms with Gasteiger partial charge >= 0.3 is 0 Å². The van der Waals surface area contributed by atoms with Crippen LogP contribution in [0.1, 0.15) is 30.1 Å². The second-order valence-corrected chi connectivity index (χ2v) is 5.98. The number of rotatable bonds is 4. The van der Waals surface area contributed by atoms with E-state index in [9.17, 15) is 14.9 Å². The number of benzene rings is 1. The number of nitrogens with zero attached hydrogens (tertiary/aromatic N) is 2. The third-order valence-electron chi connectivity index (χ3n) is 4.41. The van der Waals surface area contributed by atoms with Crippen molar-refractivity contribution < 1.29 is 19.2 Å². The molecule has 7 nitrogen and oxygen atoms in total. The molecule has 0 aromatic heterocycles. The highest BCUT2D eigenvalue weighted by atomic mass is 16.7. The highest BCUT2D eigenvalue weighted by Crippen LogP contribution is 2.34. The molecule has 7 heteroatoms. The summed E-state index contributed by atoms with van der Waals surface area (Å²) in [5.41, 5.74) is 0.894. The molecule has 2 aliphatic heterocycles. The Kier molecular flexibility index (Phi) is 4.58. The fourth-order valence-electron chi connectivity index (χ4n) is 3.26. The van der Waals surface area contributed by atoms with E-state index in [2.05, 4.69) is 0 Å². The molecular formula is C16H20N2O5. The van der Waals surface area contributed by atoms with Gasteiger partial charge in [-0.25, -0.2) is 0 Å². The fourth-order valence-corrected chi connectivity index (χ4v) is 3.26. The summed E-state index contributed by atoms with van der Waals surface area (Å²) < 4.78 is 11.2. The zero-order valence-corrected chi connectivity index (χ0v) is 13.1. The lowest BCUT2D eigenvalue weighted by molar-refractivity contribution is -0.384. The molecule has 124 valence electrons. The second-order valence-electron chi connectivity index (χ2n) is 5.98. The van der Waals surface area contributed by atoms with Crippen molar-refractivity contribution in [2.75, 3.05) is 31.2 Å². The van der Waals surface area contributed by atoms with Crippen molar-refractivity contribution in [1.29, 1.82) is 0 Å². The first-order valence-electron chi connectivity index (χ1n) is 7.84. The van der Waals surface area contributed by atoms with Gasteiger partial charge < -0.3 is 14.4 Å². The van der Waals surface area contributed by atoms with E-state index in [-0.39, 0.29) is 23.7 Å². The number of hydrogen-bond acceptors (Lipinski definition) is 6. The van der Waals surface area contributed by atoms with Gasteiger partial charge in [-0.15, -0.1) is 0 Å². The molecule has 23 heavy (non-hydrogen) atoms. The molecule has 0 aliphatic carbocycles. The van der Waals surface area contributed by atoms with Gasteiger partial charge in [-0.3, -0.25) is 14.9 Å². The van der Waals surface area contributed by atoms with Gasteiger partial charge in [0.1, 0.15) is 5.69 Å². The van der Waals surface area contributed by atoms with Crippen molar-refractivity contribution in [3.63, 3.8) is 0 Å². The van der Waals surface area contributed by atoms with Crippen LogP contribution in [0.15, 0.2) is 18.2 Å². The van der Waals surface area contributed by atoms with Crippen molar-refractivity contribution in [1.82, 2.24) is 0 Å². The second kappa shape index (κ2) is 6.64. The third-order valence-corrected chi connectivity index (χ3v) is 4.41. The molecule has 2 fully saturated rings. The Bertz CT molecular complexity index is 612. The van der Waals surface area contributed by atoms with E-state index in [1.165, 1.54) is 13.0 Å². The van der Waals surface area contributed by atoms with Gasteiger partial charge in [0.2, 0.25) is 0 Å². The average molecular weight is 320 g/mol. The average Bonchev–Trinajstić information content (AvgIpc) is 3.09. The van der Waals surface area contributed by atoms with Gasteiger partial charge in [0.05, 0.1) is 18.1 Å². The molecule has 1 aromatic carbocycles. The number of carbonyl (C=O) groups excluding carboxylic acids is 1. The third kappa shape index (κ3) is 3.35. The molecule has 0 amide bonds. The van der Waals surface area contributed by atoms with Crippen LogP contribution < -0.4 is 4.90 Å². The van der Waals surface area contributed by atoms with Crippen LogP contribution >= 0.6 is 0 Å². The van der Waals surface area contributed by atoms with Crippen molar-refractivity contribution >= 4 is 17.2 Å². The first kappa shape index (κ1) is 15.9. The summed E-state index contributed by atoms with van der Waals surface area (Å²) >= 11 is 0. The normalized spacial score (nSPS) is 22.3. The molecule has 0 bridgehead atoms. The molecule has 2 saturated heterocycles. The molecule has 2 aliphatic rings. The van der Waals surface area contributed by atoms with Gasteiger partial charge in [0, 0.05) is 30.6 Å². The van der Waals surface area contributed by atoms with Crippen LogP contribution in [0.3, 0.4) is 0 Å². The topological polar surface area (TPSA) is 81.9 Å². The Morgan fingerprint density at radius 1 is 1.35 bits per heavy atom. The molecular weight excluding hydrogens is 300 g/mol. The van der Waals surface area contributed by atoms with E-state index in [1.54, 1.807) is 12.1 Å². The lowest BCUT2D eigenvalue weighted by Gasteiger charge is -2.35. The Labute approximate surface area is 134 Å². The summed E-state index contributed by atoms with van der Waals surface area (Å²) in [6.07, 6.45) is 1.70. The lowest BCUT2D eigenvalue weighted by Crippen LogP contribution is -2.41. The summed E-state index contributed by atoms with van der Waals surface area (Å²) in [4.78, 5) is 24.4. The molecule has 0 spiro atoms. The number of ether oxygens (including phenoxy) is 2. The first-order chi connectivity index (χ1) is 11.1. The highest BCUT2D eigenvalue weighted by molar-refractivity contribution is 5.95. The SMILES string of the molecule is CC(=O)c1ccc(N2CCCC(C3OCCO3)C2)c([N+](=O)[O-])c1. The predicted octanol–water partition coefficient (Wildman–Crippen LogP) is 2.39. The zero-order valence-electron chi connectivity index (χ0n) is 13.1. The van der Waals surface area contributed by atoms with Gasteiger partial charge in [0.25, 0.3) is 5.69 Å². The number of nitro groups is 1. The van der Waals surface area contributed by atoms with E-state index < -0.39 is 4.92 Å². The van der Waals surface area contributed by atoms with E-state index in [0.29, 0.717) is 31.0 Å². The summed E-state index contributed by atoms with van der Waals surface area (Å²) in [6.45, 7) is 4.03. The number of Topliss-reactive ketones (excluding diaryl/α,β-unsaturated/α-hetero) is 1. The maximum Gasteiger partial charge on any atom is 0.293 e. The number of anilines is 1. The van der Waals surface area contributed by atoms with Crippen LogP contribution in [0.4, 0.5) is 11.4 Å². The lowest BCUT2D eigenvalue weighted by atomic mass is 9.96. The van der Waals surface area contributed by atoms with Gasteiger partial charge in [-0.1, -0.05) is 0 Å². The maximum absolute atomic E-state index is 11.5. The van der Waals surface area contributed by atoms with Crippen molar-refractivity contribution in [3.8, 4) is 0 Å². The highest BCUT2D eigenvalue weighted by Gasteiger charge is 2.33. The van der Waals surface area contributed by atoms with Crippen molar-refractivity contribution in [2.45, 2.75) is 26.1 Å².